The summed E-state index contributed by atoms with van der Waals surface area (Å²) in [6, 6.07) is 15.5. The Morgan fingerprint density at radius 1 is 0.953 bits per heavy atom. The van der Waals surface area contributed by atoms with Gasteiger partial charge in [0.05, 0.1) is 21.2 Å². The number of hydrogen-bond acceptors (Lipinski definition) is 4. The maximum atomic E-state index is 14.2. The highest BCUT2D eigenvalue weighted by Gasteiger charge is 2.37. The van der Waals surface area contributed by atoms with Crippen LogP contribution in [0, 0.1) is 6.92 Å². The molecule has 43 heavy (non-hydrogen) atoms. The molecule has 0 aromatic heterocycles. The number of carbonyl (C=O) groups is 2. The first-order valence-corrected chi connectivity index (χ1v) is 15.4. The Hall–Kier alpha value is -3.57. The predicted octanol–water partition coefficient (Wildman–Crippen LogP) is 6.58. The number of nitrogens with zero attached hydrogens (tertiary/aromatic N) is 2. The van der Waals surface area contributed by atoms with Gasteiger partial charge in [-0.15, -0.1) is 0 Å². The summed E-state index contributed by atoms with van der Waals surface area (Å²) in [5.41, 5.74) is -0.735. The Labute approximate surface area is 255 Å². The predicted molar refractivity (Wildman–Crippen MR) is 161 cm³/mol. The Bertz CT molecular complexity index is 1560. The van der Waals surface area contributed by atoms with Crippen molar-refractivity contribution in [3.05, 3.63) is 94.5 Å². The minimum absolute atomic E-state index is 0.0445. The number of alkyl halides is 3. The fourth-order valence-corrected chi connectivity index (χ4v) is 6.17. The molecule has 1 N–H and O–H groups in total. The van der Waals surface area contributed by atoms with Crippen LogP contribution in [-0.4, -0.2) is 43.3 Å². The molecule has 0 aliphatic carbocycles. The van der Waals surface area contributed by atoms with Crippen LogP contribution in [0.4, 0.5) is 18.9 Å². The van der Waals surface area contributed by atoms with E-state index in [0.717, 1.165) is 17.7 Å². The van der Waals surface area contributed by atoms with Gasteiger partial charge in [0, 0.05) is 12.1 Å². The van der Waals surface area contributed by atoms with Crippen LogP contribution in [0.1, 0.15) is 50.8 Å². The molecule has 0 saturated carbocycles. The number of sulfonamides is 1. The molecule has 0 saturated heterocycles. The van der Waals surface area contributed by atoms with Crippen LogP contribution in [0.5, 0.6) is 0 Å². The van der Waals surface area contributed by atoms with E-state index in [9.17, 15) is 31.2 Å². The molecule has 7 nitrogen and oxygen atoms in total. The number of rotatable bonds is 10. The van der Waals surface area contributed by atoms with Crippen molar-refractivity contribution < 1.29 is 31.2 Å². The summed E-state index contributed by atoms with van der Waals surface area (Å²) in [6.45, 7) is 7.95. The van der Waals surface area contributed by atoms with Crippen molar-refractivity contribution in [3.8, 4) is 0 Å². The topological polar surface area (TPSA) is 86.8 Å². The van der Waals surface area contributed by atoms with Crippen LogP contribution >= 0.6 is 11.6 Å². The van der Waals surface area contributed by atoms with Crippen molar-refractivity contribution in [2.45, 2.75) is 70.2 Å². The molecule has 0 aliphatic heterocycles. The van der Waals surface area contributed by atoms with Gasteiger partial charge in [0.1, 0.15) is 12.6 Å². The lowest BCUT2D eigenvalue weighted by Gasteiger charge is -2.35. The van der Waals surface area contributed by atoms with Crippen LogP contribution in [-0.2, 0) is 32.3 Å². The molecule has 3 aromatic carbocycles. The lowest BCUT2D eigenvalue weighted by Crippen LogP contribution is -2.55. The number of halogens is 4. The van der Waals surface area contributed by atoms with E-state index in [-0.39, 0.29) is 22.9 Å². The zero-order valence-corrected chi connectivity index (χ0v) is 26.1. The van der Waals surface area contributed by atoms with E-state index >= 15 is 0 Å². The van der Waals surface area contributed by atoms with E-state index in [2.05, 4.69) is 5.32 Å². The van der Waals surface area contributed by atoms with Gasteiger partial charge in [-0.1, -0.05) is 61.0 Å². The van der Waals surface area contributed by atoms with Gasteiger partial charge in [-0.05, 0) is 75.6 Å². The number of nitrogens with one attached hydrogen (secondary N) is 1. The molecule has 232 valence electrons. The van der Waals surface area contributed by atoms with Crippen LogP contribution in [0.3, 0.4) is 0 Å². The highest BCUT2D eigenvalue weighted by molar-refractivity contribution is 7.92. The molecule has 3 aromatic rings. The van der Waals surface area contributed by atoms with Crippen LogP contribution in [0.15, 0.2) is 77.7 Å². The third-order valence-corrected chi connectivity index (χ3v) is 8.73. The van der Waals surface area contributed by atoms with Crippen LogP contribution in [0.25, 0.3) is 0 Å². The summed E-state index contributed by atoms with van der Waals surface area (Å²) >= 11 is 6.30. The van der Waals surface area contributed by atoms with Gasteiger partial charge in [-0.2, -0.15) is 13.2 Å². The first-order valence-electron chi connectivity index (χ1n) is 13.6. The minimum atomic E-state index is -4.80. The van der Waals surface area contributed by atoms with Crippen molar-refractivity contribution in [1.29, 1.82) is 0 Å². The summed E-state index contributed by atoms with van der Waals surface area (Å²) in [5.74, 6) is -1.25. The molecule has 2 amide bonds. The Morgan fingerprint density at radius 2 is 1.56 bits per heavy atom. The van der Waals surface area contributed by atoms with Gasteiger partial charge in [-0.25, -0.2) is 8.42 Å². The van der Waals surface area contributed by atoms with E-state index in [4.69, 9.17) is 11.6 Å². The maximum absolute atomic E-state index is 14.2. The first kappa shape index (κ1) is 33.9. The molecule has 0 spiro atoms. The van der Waals surface area contributed by atoms with E-state index in [0.29, 0.717) is 15.9 Å². The lowest BCUT2D eigenvalue weighted by molar-refractivity contribution is -0.141. The number of benzene rings is 3. The van der Waals surface area contributed by atoms with Gasteiger partial charge < -0.3 is 10.2 Å². The fourth-order valence-electron chi connectivity index (χ4n) is 4.46. The van der Waals surface area contributed by atoms with Gasteiger partial charge in [0.2, 0.25) is 11.8 Å². The summed E-state index contributed by atoms with van der Waals surface area (Å²) < 4.78 is 69.5. The zero-order valence-electron chi connectivity index (χ0n) is 24.6. The highest BCUT2D eigenvalue weighted by atomic mass is 35.5. The van der Waals surface area contributed by atoms with E-state index in [1.54, 1.807) is 45.9 Å². The second-order valence-electron chi connectivity index (χ2n) is 11.1. The number of hydrogen-bond donors (Lipinski definition) is 1. The van der Waals surface area contributed by atoms with E-state index in [1.807, 2.05) is 19.1 Å². The quantitative estimate of drug-likeness (QED) is 0.272. The molecule has 0 unspecified atom stereocenters. The molecular formula is C31H35ClF3N3O4S. The zero-order chi connectivity index (χ0) is 32.2. The number of carbonyl (C=O) groups excluding carboxylic acids is 2. The van der Waals surface area contributed by atoms with Gasteiger partial charge >= 0.3 is 6.18 Å². The Kier molecular flexibility index (Phi) is 10.6. The summed E-state index contributed by atoms with van der Waals surface area (Å²) in [4.78, 5) is 28.6. The third-order valence-electron chi connectivity index (χ3n) is 6.64. The summed E-state index contributed by atoms with van der Waals surface area (Å²) in [5, 5.41) is 2.57. The molecule has 0 aliphatic rings. The smallest absolute Gasteiger partial charge is 0.350 e. The van der Waals surface area contributed by atoms with Crippen molar-refractivity contribution in [2.75, 3.05) is 10.8 Å². The third kappa shape index (κ3) is 8.51. The van der Waals surface area contributed by atoms with Crippen LogP contribution in [0.2, 0.25) is 5.02 Å². The number of anilines is 1. The average Bonchev–Trinajstić information content (AvgIpc) is 2.91. The van der Waals surface area contributed by atoms with Crippen LogP contribution < -0.4 is 9.62 Å². The largest absolute Gasteiger partial charge is 0.416 e. The molecule has 0 bridgehead atoms. The number of aryl methyl sites for hydroxylation is 1. The molecule has 0 fully saturated rings. The first-order chi connectivity index (χ1) is 20.0. The summed E-state index contributed by atoms with van der Waals surface area (Å²) in [7, 11) is -4.60. The highest BCUT2D eigenvalue weighted by Crippen LogP contribution is 2.37. The molecular weight excluding hydrogens is 603 g/mol. The van der Waals surface area contributed by atoms with Gasteiger partial charge in [-0.3, -0.25) is 13.9 Å². The minimum Gasteiger partial charge on any atom is -0.350 e. The summed E-state index contributed by atoms with van der Waals surface area (Å²) in [6.07, 6.45) is -4.62. The molecule has 1 atom stereocenters. The fraction of sp³-hybridized carbons (Fsp3) is 0.355. The molecule has 0 radical (unpaired) electrons. The Morgan fingerprint density at radius 3 is 2.12 bits per heavy atom. The van der Waals surface area contributed by atoms with E-state index in [1.165, 1.54) is 29.2 Å². The maximum Gasteiger partial charge on any atom is 0.416 e. The SMILES string of the molecule is CC[C@H](C(=O)NC(C)(C)C)N(Cc1ccccc1C)C(=O)CN(c1cc(C(F)(F)F)ccc1Cl)S(=O)(=O)c1ccccc1. The molecule has 3 rings (SSSR count). The van der Waals surface area contributed by atoms with Gasteiger partial charge in [0.15, 0.2) is 0 Å². The second kappa shape index (κ2) is 13.4. The monoisotopic (exact) mass is 637 g/mol. The van der Waals surface area contributed by atoms with Crippen molar-refractivity contribution >= 4 is 39.1 Å². The molecule has 12 heteroatoms. The van der Waals surface area contributed by atoms with E-state index < -0.39 is 57.4 Å². The molecule has 0 heterocycles. The van der Waals surface area contributed by atoms with Crippen molar-refractivity contribution in [1.82, 2.24) is 10.2 Å². The Balaban J connectivity index is 2.18. The second-order valence-corrected chi connectivity index (χ2v) is 13.4. The van der Waals surface area contributed by atoms with Crippen molar-refractivity contribution in [3.63, 3.8) is 0 Å². The standard InChI is InChI=1S/C31H35ClF3N3O4S/c1-6-26(29(40)36-30(3,4)5)37(19-22-13-11-10-12-21(22)2)28(39)20-38(43(41,42)24-14-8-7-9-15-24)27-18-23(31(33,34)35)16-17-25(27)32/h7-18,26H,6,19-20H2,1-5H3,(H,36,40)/t26-/m1/s1. The lowest BCUT2D eigenvalue weighted by atomic mass is 10.0. The number of amides is 2. The normalized spacial score (nSPS) is 12.9. The van der Waals surface area contributed by atoms with Gasteiger partial charge in [0.25, 0.3) is 10.0 Å². The van der Waals surface area contributed by atoms with Crippen molar-refractivity contribution in [2.24, 2.45) is 0 Å². The average molecular weight is 638 g/mol.